The van der Waals surface area contributed by atoms with Crippen molar-refractivity contribution in [3.63, 3.8) is 0 Å². The fourth-order valence-electron chi connectivity index (χ4n) is 2.76. The molecule has 34 heavy (non-hydrogen) atoms. The van der Waals surface area contributed by atoms with E-state index in [0.717, 1.165) is 0 Å². The minimum absolute atomic E-state index is 0.0949. The summed E-state index contributed by atoms with van der Waals surface area (Å²) in [6.45, 7) is -0.452. The zero-order valence-electron chi connectivity index (χ0n) is 18.0. The summed E-state index contributed by atoms with van der Waals surface area (Å²) in [5.41, 5.74) is 3.32. The largest absolute Gasteiger partial charge is 0.495 e. The number of carbonyl (C=O) groups is 2. The van der Waals surface area contributed by atoms with Gasteiger partial charge in [-0.25, -0.2) is 18.6 Å². The number of amides is 1. The summed E-state index contributed by atoms with van der Waals surface area (Å²) in [7, 11) is -2.55. The molecule has 0 saturated carbocycles. The molecule has 1 amide bonds. The molecule has 0 fully saturated rings. The number of hydrogen-bond donors (Lipinski definition) is 3. The van der Waals surface area contributed by atoms with Crippen LogP contribution >= 0.6 is 0 Å². The van der Waals surface area contributed by atoms with Crippen LogP contribution in [-0.2, 0) is 14.8 Å². The Hall–Kier alpha value is -4.38. The molecule has 3 aromatic rings. The number of nitrogens with zero attached hydrogens (tertiary/aromatic N) is 1. The van der Waals surface area contributed by atoms with E-state index in [0.29, 0.717) is 17.1 Å². The lowest BCUT2D eigenvalue weighted by Gasteiger charge is -2.12. The molecule has 0 aliphatic heterocycles. The van der Waals surface area contributed by atoms with Gasteiger partial charge in [0.2, 0.25) is 0 Å². The summed E-state index contributed by atoms with van der Waals surface area (Å²) in [4.78, 5) is 22.9. The van der Waals surface area contributed by atoms with Gasteiger partial charge in [0, 0.05) is 5.56 Å². The van der Waals surface area contributed by atoms with E-state index in [4.69, 9.17) is 14.6 Å². The Bertz CT molecular complexity index is 1310. The Kier molecular flexibility index (Phi) is 7.83. The number of carboxylic acid groups (broad SMARTS) is 1. The number of hydrazone groups is 1. The Balaban J connectivity index is 1.65. The van der Waals surface area contributed by atoms with Crippen molar-refractivity contribution in [2.24, 2.45) is 5.10 Å². The molecule has 0 unspecified atom stereocenters. The molecule has 0 bridgehead atoms. The summed E-state index contributed by atoms with van der Waals surface area (Å²) in [6, 6.07) is 18.5. The molecule has 0 saturated heterocycles. The number of sulfonamides is 1. The van der Waals surface area contributed by atoms with Gasteiger partial charge >= 0.3 is 5.97 Å². The van der Waals surface area contributed by atoms with E-state index >= 15 is 0 Å². The standard InChI is InChI=1S/C23H21N3O7S/c1-32-21-8-3-2-7-20(21)26-34(30,31)19-6-4-5-17(13-19)23(29)25-24-14-16-9-11-18(12-10-16)33-15-22(27)28/h2-14,26H,15H2,1H3,(H,25,29)(H,27,28)/b24-14-. The molecule has 0 spiro atoms. The van der Waals surface area contributed by atoms with E-state index in [1.54, 1.807) is 48.5 Å². The second-order valence-corrected chi connectivity index (χ2v) is 8.47. The van der Waals surface area contributed by atoms with Crippen LogP contribution in [0.2, 0.25) is 0 Å². The predicted octanol–water partition coefficient (Wildman–Crippen LogP) is 2.72. The van der Waals surface area contributed by atoms with Gasteiger partial charge in [0.15, 0.2) is 6.61 Å². The second-order valence-electron chi connectivity index (χ2n) is 6.78. The number of carbonyl (C=O) groups excluding carboxylic acids is 1. The third kappa shape index (κ3) is 6.56. The minimum Gasteiger partial charge on any atom is -0.495 e. The van der Waals surface area contributed by atoms with Crippen LogP contribution in [0.25, 0.3) is 0 Å². The van der Waals surface area contributed by atoms with Crippen molar-refractivity contribution >= 4 is 33.8 Å². The van der Waals surface area contributed by atoms with Gasteiger partial charge in [0.25, 0.3) is 15.9 Å². The van der Waals surface area contributed by atoms with Gasteiger partial charge in [-0.3, -0.25) is 9.52 Å². The second kappa shape index (κ2) is 11.0. The zero-order valence-corrected chi connectivity index (χ0v) is 18.8. The number of anilines is 1. The van der Waals surface area contributed by atoms with Crippen LogP contribution in [0.1, 0.15) is 15.9 Å². The Morgan fingerprint density at radius 1 is 1.03 bits per heavy atom. The van der Waals surface area contributed by atoms with Gasteiger partial charge in [0.05, 0.1) is 23.9 Å². The average Bonchev–Trinajstić information content (AvgIpc) is 2.83. The number of ether oxygens (including phenoxy) is 2. The van der Waals surface area contributed by atoms with Crippen molar-refractivity contribution in [2.45, 2.75) is 4.90 Å². The number of methoxy groups -OCH3 is 1. The highest BCUT2D eigenvalue weighted by Gasteiger charge is 2.18. The average molecular weight is 484 g/mol. The highest BCUT2D eigenvalue weighted by atomic mass is 32.2. The van der Waals surface area contributed by atoms with Crippen molar-refractivity contribution in [3.05, 3.63) is 83.9 Å². The van der Waals surface area contributed by atoms with Crippen LogP contribution in [0, 0.1) is 0 Å². The number of para-hydroxylation sites is 2. The van der Waals surface area contributed by atoms with Crippen molar-refractivity contribution in [2.75, 3.05) is 18.4 Å². The quantitative estimate of drug-likeness (QED) is 0.297. The lowest BCUT2D eigenvalue weighted by molar-refractivity contribution is -0.139. The molecule has 11 heteroatoms. The van der Waals surface area contributed by atoms with Crippen molar-refractivity contribution in [1.29, 1.82) is 0 Å². The molecule has 3 aromatic carbocycles. The monoisotopic (exact) mass is 483 g/mol. The van der Waals surface area contributed by atoms with Gasteiger partial charge in [0.1, 0.15) is 11.5 Å². The molecule has 0 heterocycles. The Labute approximate surface area is 195 Å². The summed E-state index contributed by atoms with van der Waals surface area (Å²) in [5.74, 6) is -0.952. The van der Waals surface area contributed by atoms with Crippen LogP contribution in [-0.4, -0.2) is 45.3 Å². The van der Waals surface area contributed by atoms with E-state index in [-0.39, 0.29) is 16.1 Å². The molecule has 10 nitrogen and oxygen atoms in total. The number of aliphatic carboxylic acids is 1. The smallest absolute Gasteiger partial charge is 0.341 e. The van der Waals surface area contributed by atoms with Crippen molar-refractivity contribution < 1.29 is 32.6 Å². The van der Waals surface area contributed by atoms with Crippen molar-refractivity contribution in [3.8, 4) is 11.5 Å². The number of nitrogens with one attached hydrogen (secondary N) is 2. The molecule has 0 aliphatic carbocycles. The lowest BCUT2D eigenvalue weighted by Crippen LogP contribution is -2.19. The number of rotatable bonds is 10. The molecule has 0 aliphatic rings. The normalized spacial score (nSPS) is 11.1. The molecule has 3 N–H and O–H groups in total. The molecule has 0 radical (unpaired) electrons. The maximum Gasteiger partial charge on any atom is 0.341 e. The zero-order chi connectivity index (χ0) is 24.6. The maximum atomic E-state index is 12.8. The van der Waals surface area contributed by atoms with Crippen LogP contribution in [0.15, 0.2) is 82.8 Å². The lowest BCUT2D eigenvalue weighted by atomic mass is 10.2. The number of benzene rings is 3. The van der Waals surface area contributed by atoms with E-state index < -0.39 is 28.5 Å². The number of hydrogen-bond acceptors (Lipinski definition) is 7. The SMILES string of the molecule is COc1ccccc1NS(=O)(=O)c1cccc(C(=O)N/N=C\c2ccc(OCC(=O)O)cc2)c1. The van der Waals surface area contributed by atoms with Crippen molar-refractivity contribution in [1.82, 2.24) is 5.43 Å². The van der Waals surface area contributed by atoms with E-state index in [1.165, 1.54) is 37.6 Å². The first-order valence-corrected chi connectivity index (χ1v) is 11.3. The Morgan fingerprint density at radius 2 is 1.76 bits per heavy atom. The third-order valence-electron chi connectivity index (χ3n) is 4.38. The van der Waals surface area contributed by atoms with Crippen LogP contribution < -0.4 is 19.6 Å². The fourth-order valence-corrected chi connectivity index (χ4v) is 3.88. The van der Waals surface area contributed by atoms with Crippen LogP contribution in [0.4, 0.5) is 5.69 Å². The van der Waals surface area contributed by atoms with E-state index in [2.05, 4.69) is 15.2 Å². The first-order valence-electron chi connectivity index (χ1n) is 9.82. The highest BCUT2D eigenvalue weighted by Crippen LogP contribution is 2.26. The molecule has 0 aromatic heterocycles. The van der Waals surface area contributed by atoms with Gasteiger partial charge in [-0.05, 0) is 60.2 Å². The molecule has 0 atom stereocenters. The van der Waals surface area contributed by atoms with Crippen LogP contribution in [0.5, 0.6) is 11.5 Å². The maximum absolute atomic E-state index is 12.8. The van der Waals surface area contributed by atoms with Gasteiger partial charge in [-0.2, -0.15) is 5.10 Å². The predicted molar refractivity (Wildman–Crippen MR) is 125 cm³/mol. The molecular weight excluding hydrogens is 462 g/mol. The number of carboxylic acids is 1. The van der Waals surface area contributed by atoms with E-state index in [1.807, 2.05) is 0 Å². The first-order chi connectivity index (χ1) is 16.3. The van der Waals surface area contributed by atoms with Gasteiger partial charge < -0.3 is 14.6 Å². The fraction of sp³-hybridized carbons (Fsp3) is 0.0870. The molecular formula is C23H21N3O7S. The van der Waals surface area contributed by atoms with E-state index in [9.17, 15) is 18.0 Å². The van der Waals surface area contributed by atoms with Crippen LogP contribution in [0.3, 0.4) is 0 Å². The summed E-state index contributed by atoms with van der Waals surface area (Å²) in [6.07, 6.45) is 1.38. The first kappa shape index (κ1) is 24.3. The molecule has 3 rings (SSSR count). The third-order valence-corrected chi connectivity index (χ3v) is 5.74. The Morgan fingerprint density at radius 3 is 2.47 bits per heavy atom. The molecule has 176 valence electrons. The topological polar surface area (TPSA) is 143 Å². The summed E-state index contributed by atoms with van der Waals surface area (Å²) in [5, 5.41) is 12.5. The van der Waals surface area contributed by atoms with Gasteiger partial charge in [-0.1, -0.05) is 18.2 Å². The summed E-state index contributed by atoms with van der Waals surface area (Å²) >= 11 is 0. The highest BCUT2D eigenvalue weighted by molar-refractivity contribution is 7.92. The minimum atomic E-state index is -3.98. The summed E-state index contributed by atoms with van der Waals surface area (Å²) < 4.78 is 38.2. The van der Waals surface area contributed by atoms with Gasteiger partial charge in [-0.15, -0.1) is 0 Å².